The molecular formula is C9H15NOS. The highest BCUT2D eigenvalue weighted by Crippen LogP contribution is 2.09. The highest BCUT2D eigenvalue weighted by atomic mass is 32.1. The van der Waals surface area contributed by atoms with E-state index in [1.165, 1.54) is 0 Å². The minimum Gasteiger partial charge on any atom is -0.398 e. The fourth-order valence-corrected chi connectivity index (χ4v) is 1.08. The van der Waals surface area contributed by atoms with Gasteiger partial charge >= 0.3 is 0 Å². The normalized spacial score (nSPS) is 13.2. The Hall–Kier alpha value is -0.700. The van der Waals surface area contributed by atoms with Gasteiger partial charge in [-0.15, -0.1) is 12.6 Å². The van der Waals surface area contributed by atoms with E-state index in [9.17, 15) is 4.79 Å². The van der Waals surface area contributed by atoms with E-state index < -0.39 is 0 Å². The molecule has 0 aliphatic carbocycles. The van der Waals surface area contributed by atoms with Gasteiger partial charge in [-0.05, 0) is 12.8 Å². The van der Waals surface area contributed by atoms with Crippen molar-refractivity contribution in [2.45, 2.75) is 26.7 Å². The molecule has 0 saturated heterocycles. The third-order valence-corrected chi connectivity index (χ3v) is 1.61. The highest BCUT2D eigenvalue weighted by molar-refractivity contribution is 7.97. The average Bonchev–Trinajstić information content (AvgIpc) is 1.99. The maximum atomic E-state index is 10.9. The lowest BCUT2D eigenvalue weighted by Crippen LogP contribution is -2.06. The second-order valence-corrected chi connectivity index (χ2v) is 2.81. The molecular weight excluding hydrogens is 170 g/mol. The van der Waals surface area contributed by atoms with Crippen LogP contribution in [0.25, 0.3) is 0 Å². The van der Waals surface area contributed by atoms with Crippen molar-refractivity contribution in [3.63, 3.8) is 0 Å². The van der Waals surface area contributed by atoms with Crippen molar-refractivity contribution in [2.24, 2.45) is 5.73 Å². The van der Waals surface area contributed by atoms with E-state index in [-0.39, 0.29) is 5.12 Å². The Balaban J connectivity index is 4.64. The van der Waals surface area contributed by atoms with E-state index in [2.05, 4.69) is 12.6 Å². The predicted octanol–water partition coefficient (Wildman–Crippen LogP) is 2.03. The molecule has 0 rings (SSSR count). The molecule has 0 atom stereocenters. The van der Waals surface area contributed by atoms with Gasteiger partial charge in [-0.3, -0.25) is 4.79 Å². The van der Waals surface area contributed by atoms with Crippen LogP contribution in [0, 0.1) is 0 Å². The highest BCUT2D eigenvalue weighted by Gasteiger charge is 2.05. The summed E-state index contributed by atoms with van der Waals surface area (Å²) in [6.07, 6.45) is 5.22. The van der Waals surface area contributed by atoms with Gasteiger partial charge in [-0.25, -0.2) is 0 Å². The van der Waals surface area contributed by atoms with Crippen molar-refractivity contribution >= 4 is 17.7 Å². The minimum absolute atomic E-state index is 0.265. The van der Waals surface area contributed by atoms with Gasteiger partial charge < -0.3 is 5.73 Å². The second kappa shape index (κ2) is 5.89. The second-order valence-electron chi connectivity index (χ2n) is 2.40. The zero-order valence-corrected chi connectivity index (χ0v) is 8.40. The minimum atomic E-state index is -0.265. The summed E-state index contributed by atoms with van der Waals surface area (Å²) in [5, 5.41) is -0.265. The molecule has 0 spiro atoms. The maximum Gasteiger partial charge on any atom is 0.218 e. The first-order valence-corrected chi connectivity index (χ1v) is 4.47. The largest absolute Gasteiger partial charge is 0.398 e. The predicted molar refractivity (Wildman–Crippen MR) is 54.9 cm³/mol. The molecule has 0 aliphatic heterocycles. The molecule has 0 radical (unpaired) electrons. The molecule has 0 aliphatic rings. The number of rotatable bonds is 4. The smallest absolute Gasteiger partial charge is 0.218 e. The van der Waals surface area contributed by atoms with Crippen LogP contribution in [-0.2, 0) is 4.79 Å². The summed E-state index contributed by atoms with van der Waals surface area (Å²) in [6, 6.07) is 0. The van der Waals surface area contributed by atoms with Gasteiger partial charge in [0.25, 0.3) is 0 Å². The molecule has 2 N–H and O–H groups in total. The van der Waals surface area contributed by atoms with Crippen LogP contribution < -0.4 is 5.73 Å². The summed E-state index contributed by atoms with van der Waals surface area (Å²) in [5.41, 5.74) is 6.68. The lowest BCUT2D eigenvalue weighted by atomic mass is 10.1. The number of carbonyl (C=O) groups is 1. The summed E-state index contributed by atoms with van der Waals surface area (Å²) in [6.45, 7) is 3.93. The van der Waals surface area contributed by atoms with E-state index in [1.807, 2.05) is 19.9 Å². The first kappa shape index (κ1) is 11.3. The topological polar surface area (TPSA) is 43.1 Å². The Morgan fingerprint density at radius 2 is 1.83 bits per heavy atom. The van der Waals surface area contributed by atoms with Crippen LogP contribution in [0.4, 0.5) is 0 Å². The van der Waals surface area contributed by atoms with E-state index >= 15 is 0 Å². The zero-order chi connectivity index (χ0) is 9.56. The molecule has 0 amide bonds. The van der Waals surface area contributed by atoms with Crippen LogP contribution in [0.1, 0.15) is 26.7 Å². The van der Waals surface area contributed by atoms with Gasteiger partial charge in [-0.1, -0.05) is 26.0 Å². The van der Waals surface area contributed by atoms with Crippen molar-refractivity contribution in [2.75, 3.05) is 0 Å². The molecule has 0 bridgehead atoms. The summed E-state index contributed by atoms with van der Waals surface area (Å²) in [4.78, 5) is 10.9. The van der Waals surface area contributed by atoms with E-state index in [0.717, 1.165) is 12.8 Å². The van der Waals surface area contributed by atoms with Gasteiger partial charge in [0.1, 0.15) is 0 Å². The quantitative estimate of drug-likeness (QED) is 0.400. The standard InChI is InChI=1S/C9H15NOS/c1-3-5-7(9(11)12)8(10)6-4-2/h5-6H,3-4,10H2,1-2H3,(H,11,12)/b7-5+,8-6+. The number of hydrogen-bond donors (Lipinski definition) is 2. The molecule has 12 heavy (non-hydrogen) atoms. The first-order chi connectivity index (χ1) is 5.63. The van der Waals surface area contributed by atoms with Crippen molar-refractivity contribution in [3.05, 3.63) is 23.4 Å². The van der Waals surface area contributed by atoms with Gasteiger partial charge in [-0.2, -0.15) is 0 Å². The van der Waals surface area contributed by atoms with Crippen molar-refractivity contribution in [1.82, 2.24) is 0 Å². The molecule has 0 aromatic rings. The number of thiol groups is 1. The molecule has 0 saturated carbocycles. The first-order valence-electron chi connectivity index (χ1n) is 4.02. The van der Waals surface area contributed by atoms with Crippen LogP contribution in [0.15, 0.2) is 23.4 Å². The molecule has 0 aromatic heterocycles. The third kappa shape index (κ3) is 3.62. The number of allylic oxidation sites excluding steroid dienone is 3. The summed E-state index contributed by atoms with van der Waals surface area (Å²) >= 11 is 3.73. The molecule has 0 heterocycles. The molecule has 0 fully saturated rings. The fourth-order valence-electron chi connectivity index (χ4n) is 0.863. The zero-order valence-electron chi connectivity index (χ0n) is 7.50. The van der Waals surface area contributed by atoms with Gasteiger partial charge in [0.05, 0.1) is 0 Å². The monoisotopic (exact) mass is 185 g/mol. The van der Waals surface area contributed by atoms with Crippen LogP contribution >= 0.6 is 12.6 Å². The lowest BCUT2D eigenvalue weighted by Gasteiger charge is -2.01. The molecule has 3 heteroatoms. The van der Waals surface area contributed by atoms with Crippen LogP contribution in [0.2, 0.25) is 0 Å². The third-order valence-electron chi connectivity index (χ3n) is 1.37. The fraction of sp³-hybridized carbons (Fsp3) is 0.444. The Morgan fingerprint density at radius 3 is 2.17 bits per heavy atom. The van der Waals surface area contributed by atoms with Crippen molar-refractivity contribution in [1.29, 1.82) is 0 Å². The number of nitrogens with two attached hydrogens (primary N) is 1. The molecule has 68 valence electrons. The van der Waals surface area contributed by atoms with Gasteiger partial charge in [0.2, 0.25) is 5.12 Å². The van der Waals surface area contributed by atoms with Gasteiger partial charge in [0, 0.05) is 11.3 Å². The van der Waals surface area contributed by atoms with Crippen molar-refractivity contribution in [3.8, 4) is 0 Å². The molecule has 2 nitrogen and oxygen atoms in total. The summed E-state index contributed by atoms with van der Waals surface area (Å²) in [5.74, 6) is 0. The van der Waals surface area contributed by atoms with Crippen LogP contribution in [0.3, 0.4) is 0 Å². The van der Waals surface area contributed by atoms with Crippen LogP contribution in [-0.4, -0.2) is 5.12 Å². The van der Waals surface area contributed by atoms with E-state index in [0.29, 0.717) is 11.3 Å². The Bertz CT molecular complexity index is 219. The maximum absolute atomic E-state index is 10.9. The Kier molecular flexibility index (Phi) is 5.54. The van der Waals surface area contributed by atoms with Crippen LogP contribution in [0.5, 0.6) is 0 Å². The van der Waals surface area contributed by atoms with Crippen molar-refractivity contribution < 1.29 is 4.79 Å². The Labute approximate surface area is 78.9 Å². The SMILES string of the molecule is CC/C=C(N)\C(=C/CC)C(=O)S. The molecule has 0 aromatic carbocycles. The Morgan fingerprint density at radius 1 is 1.33 bits per heavy atom. The number of carbonyl (C=O) groups excluding carboxylic acids is 1. The molecule has 0 unspecified atom stereocenters. The lowest BCUT2D eigenvalue weighted by molar-refractivity contribution is -0.107. The summed E-state index contributed by atoms with van der Waals surface area (Å²) in [7, 11) is 0. The average molecular weight is 185 g/mol. The van der Waals surface area contributed by atoms with E-state index in [4.69, 9.17) is 5.73 Å². The number of hydrogen-bond acceptors (Lipinski definition) is 2. The summed E-state index contributed by atoms with van der Waals surface area (Å²) < 4.78 is 0. The van der Waals surface area contributed by atoms with Gasteiger partial charge in [0.15, 0.2) is 0 Å². The van der Waals surface area contributed by atoms with E-state index in [1.54, 1.807) is 6.08 Å².